The van der Waals surface area contributed by atoms with Crippen LogP contribution in [0.4, 0.5) is 5.82 Å². The predicted octanol–water partition coefficient (Wildman–Crippen LogP) is 0.577. The summed E-state index contributed by atoms with van der Waals surface area (Å²) in [7, 11) is 0. The summed E-state index contributed by atoms with van der Waals surface area (Å²) >= 11 is 0. The summed E-state index contributed by atoms with van der Waals surface area (Å²) < 4.78 is 0. The Morgan fingerprint density at radius 1 is 1.77 bits per heavy atom. The van der Waals surface area contributed by atoms with Gasteiger partial charge in [0.05, 0.1) is 6.33 Å². The van der Waals surface area contributed by atoms with Gasteiger partial charge in [-0.05, 0) is 5.92 Å². The molecule has 0 fully saturated rings. The highest BCUT2D eigenvalue weighted by atomic mass is 16.1. The number of primary amides is 1. The molecule has 0 aromatic carbocycles. The summed E-state index contributed by atoms with van der Waals surface area (Å²) in [5, 5.41) is 3.03. The van der Waals surface area contributed by atoms with Crippen LogP contribution in [0.2, 0.25) is 0 Å². The van der Waals surface area contributed by atoms with Crippen LogP contribution in [0.5, 0.6) is 0 Å². The Hall–Kier alpha value is -1.52. The number of nitrogens with two attached hydrogens (primary N) is 1. The second-order valence-corrected chi connectivity index (χ2v) is 3.27. The lowest BCUT2D eigenvalue weighted by Gasteiger charge is -2.06. The Morgan fingerprint density at radius 2 is 2.46 bits per heavy atom. The second kappa shape index (κ2) is 3.93. The van der Waals surface area contributed by atoms with Crippen molar-refractivity contribution >= 4 is 11.7 Å². The molecule has 0 radical (unpaired) electrons. The van der Waals surface area contributed by atoms with E-state index in [2.05, 4.69) is 29.1 Å². The maximum absolute atomic E-state index is 10.8. The van der Waals surface area contributed by atoms with Crippen LogP contribution in [0, 0.1) is 5.92 Å². The number of nitrogens with zero attached hydrogens (tertiary/aromatic N) is 1. The fourth-order valence-corrected chi connectivity index (χ4v) is 0.917. The van der Waals surface area contributed by atoms with Crippen LogP contribution in [0.25, 0.3) is 0 Å². The molecule has 1 heterocycles. The molecular formula is C8H14N4O. The number of aromatic nitrogens is 2. The number of amides is 1. The topological polar surface area (TPSA) is 83.8 Å². The molecule has 1 aromatic heterocycles. The van der Waals surface area contributed by atoms with Gasteiger partial charge in [0.1, 0.15) is 5.69 Å². The first-order valence-corrected chi connectivity index (χ1v) is 4.18. The molecule has 0 aliphatic carbocycles. The molecule has 1 aromatic rings. The summed E-state index contributed by atoms with van der Waals surface area (Å²) in [5.74, 6) is 0.530. The number of imidazole rings is 1. The minimum Gasteiger partial charge on any atom is -0.368 e. The molecule has 5 nitrogen and oxygen atoms in total. The van der Waals surface area contributed by atoms with Crippen LogP contribution in [-0.2, 0) is 0 Å². The minimum atomic E-state index is -0.497. The quantitative estimate of drug-likeness (QED) is 0.636. The van der Waals surface area contributed by atoms with Crippen molar-refractivity contribution in [2.75, 3.05) is 11.9 Å². The van der Waals surface area contributed by atoms with Crippen molar-refractivity contribution in [1.29, 1.82) is 0 Å². The van der Waals surface area contributed by atoms with E-state index in [9.17, 15) is 4.79 Å². The van der Waals surface area contributed by atoms with Gasteiger partial charge >= 0.3 is 0 Å². The molecule has 0 saturated heterocycles. The summed E-state index contributed by atoms with van der Waals surface area (Å²) in [5.41, 5.74) is 5.45. The molecule has 13 heavy (non-hydrogen) atoms. The number of H-pyrrole nitrogens is 1. The van der Waals surface area contributed by atoms with Crippen LogP contribution in [-0.4, -0.2) is 22.4 Å². The standard InChI is InChI=1S/C8H14N4O/c1-5(2)3-10-8-6(7(9)13)11-4-12-8/h4-5,10H,3H2,1-2H3,(H2,9,13)(H,11,12). The van der Waals surface area contributed by atoms with Gasteiger partial charge in [-0.2, -0.15) is 0 Å². The fraction of sp³-hybridized carbons (Fsp3) is 0.500. The zero-order valence-electron chi connectivity index (χ0n) is 7.79. The van der Waals surface area contributed by atoms with Crippen LogP contribution in [0.1, 0.15) is 24.3 Å². The van der Waals surface area contributed by atoms with E-state index in [1.807, 2.05) is 0 Å². The highest BCUT2D eigenvalue weighted by Gasteiger charge is 2.10. The van der Waals surface area contributed by atoms with E-state index in [4.69, 9.17) is 5.73 Å². The van der Waals surface area contributed by atoms with Gasteiger partial charge in [0.15, 0.2) is 5.82 Å². The Bertz CT molecular complexity index is 292. The highest BCUT2D eigenvalue weighted by Crippen LogP contribution is 2.08. The van der Waals surface area contributed by atoms with E-state index in [0.717, 1.165) is 6.54 Å². The molecule has 0 bridgehead atoms. The zero-order chi connectivity index (χ0) is 9.84. The number of hydrogen-bond acceptors (Lipinski definition) is 3. The van der Waals surface area contributed by atoms with Crippen molar-refractivity contribution in [2.45, 2.75) is 13.8 Å². The molecule has 72 valence electrons. The van der Waals surface area contributed by atoms with E-state index in [0.29, 0.717) is 17.4 Å². The average Bonchev–Trinajstić information content (AvgIpc) is 2.47. The van der Waals surface area contributed by atoms with Crippen LogP contribution in [0.3, 0.4) is 0 Å². The number of carbonyl (C=O) groups excluding carboxylic acids is 1. The molecule has 5 heteroatoms. The lowest BCUT2D eigenvalue weighted by atomic mass is 10.2. The van der Waals surface area contributed by atoms with Crippen molar-refractivity contribution in [3.63, 3.8) is 0 Å². The number of hydrogen-bond donors (Lipinski definition) is 3. The van der Waals surface area contributed by atoms with E-state index in [1.54, 1.807) is 0 Å². The predicted molar refractivity (Wildman–Crippen MR) is 50.4 cm³/mol. The summed E-state index contributed by atoms with van der Waals surface area (Å²) in [6, 6.07) is 0. The molecule has 4 N–H and O–H groups in total. The molecule has 0 aliphatic rings. The number of aromatic amines is 1. The van der Waals surface area contributed by atoms with Gasteiger partial charge in [-0.3, -0.25) is 4.79 Å². The molecule has 0 saturated carbocycles. The van der Waals surface area contributed by atoms with Crippen LogP contribution < -0.4 is 11.1 Å². The maximum Gasteiger partial charge on any atom is 0.269 e. The van der Waals surface area contributed by atoms with Gasteiger partial charge in [0.2, 0.25) is 0 Å². The normalized spacial score (nSPS) is 10.4. The van der Waals surface area contributed by atoms with Crippen molar-refractivity contribution in [3.05, 3.63) is 12.0 Å². The first-order valence-electron chi connectivity index (χ1n) is 4.18. The zero-order valence-corrected chi connectivity index (χ0v) is 7.79. The lowest BCUT2D eigenvalue weighted by Crippen LogP contribution is -2.16. The summed E-state index contributed by atoms with van der Waals surface area (Å²) in [4.78, 5) is 17.5. The molecular weight excluding hydrogens is 168 g/mol. The second-order valence-electron chi connectivity index (χ2n) is 3.27. The van der Waals surface area contributed by atoms with E-state index >= 15 is 0 Å². The van der Waals surface area contributed by atoms with Crippen molar-refractivity contribution in [2.24, 2.45) is 11.7 Å². The number of carbonyl (C=O) groups is 1. The molecule has 1 rings (SSSR count). The minimum absolute atomic E-state index is 0.334. The van der Waals surface area contributed by atoms with E-state index in [-0.39, 0.29) is 0 Å². The Kier molecular flexibility index (Phi) is 2.89. The monoisotopic (exact) mass is 182 g/mol. The number of anilines is 1. The Labute approximate surface area is 76.7 Å². The Morgan fingerprint density at radius 3 is 3.00 bits per heavy atom. The van der Waals surface area contributed by atoms with Crippen LogP contribution >= 0.6 is 0 Å². The number of nitrogens with one attached hydrogen (secondary N) is 2. The van der Waals surface area contributed by atoms with Crippen molar-refractivity contribution < 1.29 is 4.79 Å². The molecule has 1 amide bonds. The Balaban J connectivity index is 2.65. The third-order valence-corrected chi connectivity index (χ3v) is 1.56. The molecule has 0 unspecified atom stereocenters. The summed E-state index contributed by atoms with van der Waals surface area (Å²) in [6.07, 6.45) is 1.45. The van der Waals surface area contributed by atoms with Crippen LogP contribution in [0.15, 0.2) is 6.33 Å². The molecule has 0 atom stereocenters. The maximum atomic E-state index is 10.8. The van der Waals surface area contributed by atoms with Gasteiger partial charge in [0, 0.05) is 6.54 Å². The first-order chi connectivity index (χ1) is 6.11. The largest absolute Gasteiger partial charge is 0.368 e. The smallest absolute Gasteiger partial charge is 0.269 e. The third-order valence-electron chi connectivity index (χ3n) is 1.56. The molecule has 0 aliphatic heterocycles. The highest BCUT2D eigenvalue weighted by molar-refractivity contribution is 5.95. The van der Waals surface area contributed by atoms with Gasteiger partial charge in [0.25, 0.3) is 5.91 Å². The van der Waals surface area contributed by atoms with Gasteiger partial charge in [-0.1, -0.05) is 13.8 Å². The average molecular weight is 182 g/mol. The number of rotatable bonds is 4. The van der Waals surface area contributed by atoms with Crippen molar-refractivity contribution in [3.8, 4) is 0 Å². The fourth-order valence-electron chi connectivity index (χ4n) is 0.917. The van der Waals surface area contributed by atoms with E-state index in [1.165, 1.54) is 6.33 Å². The van der Waals surface area contributed by atoms with Gasteiger partial charge in [-0.15, -0.1) is 0 Å². The third kappa shape index (κ3) is 2.47. The van der Waals surface area contributed by atoms with Crippen molar-refractivity contribution in [1.82, 2.24) is 9.97 Å². The summed E-state index contributed by atoms with van der Waals surface area (Å²) in [6.45, 7) is 4.92. The first kappa shape index (κ1) is 9.57. The van der Waals surface area contributed by atoms with E-state index < -0.39 is 5.91 Å². The molecule has 0 spiro atoms. The van der Waals surface area contributed by atoms with Gasteiger partial charge < -0.3 is 16.0 Å². The SMILES string of the molecule is CC(C)CNc1nc[nH]c1C(N)=O. The van der Waals surface area contributed by atoms with Gasteiger partial charge in [-0.25, -0.2) is 4.98 Å². The lowest BCUT2D eigenvalue weighted by molar-refractivity contribution is 0.0997.